The topological polar surface area (TPSA) is 47.6 Å². The van der Waals surface area contributed by atoms with E-state index < -0.39 is 0 Å². The fourth-order valence-electron chi connectivity index (χ4n) is 0.906. The summed E-state index contributed by atoms with van der Waals surface area (Å²) in [5, 5.41) is 16.7. The summed E-state index contributed by atoms with van der Waals surface area (Å²) in [4.78, 5) is 0. The Labute approximate surface area is 76.1 Å². The molecule has 0 aromatic rings. The molecule has 0 saturated heterocycles. The van der Waals surface area contributed by atoms with Gasteiger partial charge in [-0.25, -0.2) is 0 Å². The molecule has 3 heteroatoms. The molecule has 0 spiro atoms. The fourth-order valence-corrected chi connectivity index (χ4v) is 1.20. The first-order chi connectivity index (χ1) is 5.68. The minimum absolute atomic E-state index is 0.120. The lowest BCUT2D eigenvalue weighted by atomic mass is 9.97. The maximum Gasteiger partial charge on any atom is 0.0622 e. The van der Waals surface area contributed by atoms with Gasteiger partial charge in [0.2, 0.25) is 0 Å². The van der Waals surface area contributed by atoms with E-state index in [1.54, 1.807) is 0 Å². The highest BCUT2D eigenvalue weighted by Gasteiger charge is 2.18. The van der Waals surface area contributed by atoms with Gasteiger partial charge in [-0.15, -0.1) is 15.8 Å². The number of hydrogen-bond acceptors (Lipinski definition) is 2. The van der Waals surface area contributed by atoms with Gasteiger partial charge in [0.1, 0.15) is 0 Å². The van der Waals surface area contributed by atoms with Crippen molar-refractivity contribution in [2.75, 3.05) is 0 Å². The second kappa shape index (κ2) is 5.76. The summed E-state index contributed by atoms with van der Waals surface area (Å²) in [5.74, 6) is 0. The van der Waals surface area contributed by atoms with Gasteiger partial charge in [0.25, 0.3) is 0 Å². The number of nitriles is 2. The lowest BCUT2D eigenvalue weighted by Gasteiger charge is -2.22. The molecular weight excluding hydrogens is 167 g/mol. The van der Waals surface area contributed by atoms with Crippen molar-refractivity contribution in [3.63, 3.8) is 0 Å². The number of hydrogen-bond donors (Lipinski definition) is 0. The third-order valence-corrected chi connectivity index (χ3v) is 2.62. The third-order valence-electron chi connectivity index (χ3n) is 1.81. The van der Waals surface area contributed by atoms with E-state index >= 15 is 0 Å². The molecule has 2 nitrogen and oxygen atoms in total. The molecule has 1 unspecified atom stereocenters. The molecule has 0 bridgehead atoms. The monoisotopic (exact) mass is 180 g/mol. The van der Waals surface area contributed by atoms with Crippen molar-refractivity contribution < 1.29 is 0 Å². The van der Waals surface area contributed by atoms with Crippen LogP contribution in [0.2, 0.25) is 0 Å². The standard InChI is InChI=1S/C9H13N2P/c1-2-9(12,5-3-7-10)6-4-8-11/h2H,1,3-6,12H2. The summed E-state index contributed by atoms with van der Waals surface area (Å²) in [7, 11) is 2.67. The van der Waals surface area contributed by atoms with Crippen LogP contribution in [0.4, 0.5) is 0 Å². The molecule has 0 amide bonds. The normalized spacial score (nSPS) is 9.92. The minimum atomic E-state index is -0.120. The van der Waals surface area contributed by atoms with Gasteiger partial charge in [0.15, 0.2) is 0 Å². The van der Waals surface area contributed by atoms with Crippen LogP contribution in [0, 0.1) is 22.7 Å². The highest BCUT2D eigenvalue weighted by atomic mass is 31.0. The van der Waals surface area contributed by atoms with E-state index in [-0.39, 0.29) is 5.16 Å². The zero-order valence-electron chi connectivity index (χ0n) is 7.08. The SMILES string of the molecule is C=CC(P)(CCC#N)CCC#N. The molecule has 1 atom stereocenters. The molecule has 0 aromatic heterocycles. The summed E-state index contributed by atoms with van der Waals surface area (Å²) >= 11 is 0. The molecule has 0 radical (unpaired) electrons. The van der Waals surface area contributed by atoms with E-state index in [0.29, 0.717) is 12.8 Å². The quantitative estimate of drug-likeness (QED) is 0.481. The molecule has 0 aliphatic rings. The molecule has 0 aliphatic carbocycles. The highest BCUT2D eigenvalue weighted by Crippen LogP contribution is 2.30. The first-order valence-corrected chi connectivity index (χ1v) is 4.42. The Morgan fingerprint density at radius 2 is 1.67 bits per heavy atom. The molecule has 0 N–H and O–H groups in total. The average Bonchev–Trinajstić information content (AvgIpc) is 2.11. The Morgan fingerprint density at radius 3 is 1.92 bits per heavy atom. The van der Waals surface area contributed by atoms with Crippen LogP contribution in [-0.2, 0) is 0 Å². The van der Waals surface area contributed by atoms with Crippen LogP contribution in [0.1, 0.15) is 25.7 Å². The average molecular weight is 180 g/mol. The highest BCUT2D eigenvalue weighted by molar-refractivity contribution is 7.19. The van der Waals surface area contributed by atoms with Crippen molar-refractivity contribution >= 4 is 9.24 Å². The molecular formula is C9H13N2P. The summed E-state index contributed by atoms with van der Waals surface area (Å²) in [6.07, 6.45) is 4.37. The van der Waals surface area contributed by atoms with Crippen molar-refractivity contribution in [3.05, 3.63) is 12.7 Å². The zero-order chi connectivity index (χ0) is 9.45. The van der Waals surface area contributed by atoms with Gasteiger partial charge in [-0.05, 0) is 12.8 Å². The van der Waals surface area contributed by atoms with Crippen LogP contribution in [0.25, 0.3) is 0 Å². The largest absolute Gasteiger partial charge is 0.198 e. The van der Waals surface area contributed by atoms with E-state index in [0.717, 1.165) is 12.8 Å². The van der Waals surface area contributed by atoms with Gasteiger partial charge in [-0.3, -0.25) is 0 Å². The van der Waals surface area contributed by atoms with E-state index in [1.165, 1.54) is 0 Å². The van der Waals surface area contributed by atoms with E-state index in [4.69, 9.17) is 10.5 Å². The number of nitrogens with zero attached hydrogens (tertiary/aromatic N) is 2. The van der Waals surface area contributed by atoms with Crippen LogP contribution in [-0.4, -0.2) is 5.16 Å². The zero-order valence-corrected chi connectivity index (χ0v) is 8.24. The molecule has 64 valence electrons. The molecule has 0 aliphatic heterocycles. The van der Waals surface area contributed by atoms with Gasteiger partial charge in [0, 0.05) is 18.0 Å². The van der Waals surface area contributed by atoms with Crippen molar-refractivity contribution in [2.24, 2.45) is 0 Å². The summed E-state index contributed by atoms with van der Waals surface area (Å²) in [6, 6.07) is 4.18. The second-order valence-electron chi connectivity index (χ2n) is 2.75. The first kappa shape index (κ1) is 11.2. The predicted molar refractivity (Wildman–Crippen MR) is 52.3 cm³/mol. The van der Waals surface area contributed by atoms with Crippen LogP contribution in [0.5, 0.6) is 0 Å². The smallest absolute Gasteiger partial charge is 0.0622 e. The van der Waals surface area contributed by atoms with Crippen LogP contribution in [0.15, 0.2) is 12.7 Å². The molecule has 0 heterocycles. The third kappa shape index (κ3) is 4.12. The van der Waals surface area contributed by atoms with Crippen LogP contribution in [0.3, 0.4) is 0 Å². The maximum atomic E-state index is 8.39. The Hall–Kier alpha value is -0.850. The van der Waals surface area contributed by atoms with Gasteiger partial charge in [0.05, 0.1) is 12.1 Å². The Kier molecular flexibility index (Phi) is 5.35. The van der Waals surface area contributed by atoms with Gasteiger partial charge >= 0.3 is 0 Å². The summed E-state index contributed by atoms with van der Waals surface area (Å²) < 4.78 is 0. The summed E-state index contributed by atoms with van der Waals surface area (Å²) in [5.41, 5.74) is 0. The van der Waals surface area contributed by atoms with Crippen molar-refractivity contribution in [3.8, 4) is 12.1 Å². The van der Waals surface area contributed by atoms with E-state index in [1.807, 2.05) is 6.08 Å². The lowest BCUT2D eigenvalue weighted by Crippen LogP contribution is -2.16. The lowest BCUT2D eigenvalue weighted by molar-refractivity contribution is 0.610. The van der Waals surface area contributed by atoms with Crippen molar-refractivity contribution in [1.29, 1.82) is 10.5 Å². The van der Waals surface area contributed by atoms with Crippen molar-refractivity contribution in [1.82, 2.24) is 0 Å². The predicted octanol–water partition coefficient (Wildman–Crippen LogP) is 2.39. The Balaban J connectivity index is 3.99. The van der Waals surface area contributed by atoms with Gasteiger partial charge < -0.3 is 0 Å². The van der Waals surface area contributed by atoms with Crippen LogP contribution < -0.4 is 0 Å². The second-order valence-corrected chi connectivity index (χ2v) is 3.90. The molecule has 0 rings (SSSR count). The van der Waals surface area contributed by atoms with Gasteiger partial charge in [-0.2, -0.15) is 10.5 Å². The maximum absolute atomic E-state index is 8.39. The Morgan fingerprint density at radius 1 is 1.25 bits per heavy atom. The van der Waals surface area contributed by atoms with E-state index in [9.17, 15) is 0 Å². The molecule has 12 heavy (non-hydrogen) atoms. The molecule has 0 aromatic carbocycles. The number of rotatable bonds is 5. The van der Waals surface area contributed by atoms with E-state index in [2.05, 4.69) is 28.0 Å². The molecule has 0 fully saturated rings. The Bertz CT molecular complexity index is 204. The molecule has 0 saturated carbocycles. The van der Waals surface area contributed by atoms with Crippen LogP contribution >= 0.6 is 9.24 Å². The van der Waals surface area contributed by atoms with Crippen molar-refractivity contribution in [2.45, 2.75) is 30.8 Å². The summed E-state index contributed by atoms with van der Waals surface area (Å²) in [6.45, 7) is 3.70. The van der Waals surface area contributed by atoms with Gasteiger partial charge in [-0.1, -0.05) is 6.08 Å². The minimum Gasteiger partial charge on any atom is -0.198 e. The first-order valence-electron chi connectivity index (χ1n) is 3.85. The number of allylic oxidation sites excluding steroid dienone is 1. The fraction of sp³-hybridized carbons (Fsp3) is 0.556.